The quantitative estimate of drug-likeness (QED) is 0.788. The third kappa shape index (κ3) is 2.10. The second-order valence-electron chi connectivity index (χ2n) is 3.66. The van der Waals surface area contributed by atoms with E-state index in [-0.39, 0.29) is 0 Å². The molecule has 1 aliphatic rings. The largest absolute Gasteiger partial charge is 0.378 e. The summed E-state index contributed by atoms with van der Waals surface area (Å²) in [5, 5.41) is 11.1. The summed E-state index contributed by atoms with van der Waals surface area (Å²) < 4.78 is 5.33. The first-order valence-electron chi connectivity index (χ1n) is 5.19. The molecule has 0 unspecified atom stereocenters. The normalized spacial score (nSPS) is 16.2. The van der Waals surface area contributed by atoms with E-state index in [1.165, 1.54) is 4.88 Å². The van der Waals surface area contributed by atoms with Crippen LogP contribution in [0.2, 0.25) is 0 Å². The lowest BCUT2D eigenvalue weighted by Crippen LogP contribution is -2.36. The zero-order valence-electron chi connectivity index (χ0n) is 9.12. The lowest BCUT2D eigenvalue weighted by Gasteiger charge is -2.27. The van der Waals surface area contributed by atoms with Crippen LogP contribution in [0.5, 0.6) is 0 Å². The van der Waals surface area contributed by atoms with Crippen LogP contribution in [-0.2, 0) is 10.1 Å². The Balaban J connectivity index is 2.36. The summed E-state index contributed by atoms with van der Waals surface area (Å²) in [4.78, 5) is 3.49. The number of rotatable bonds is 2. The summed E-state index contributed by atoms with van der Waals surface area (Å²) in [6, 6.07) is 2.33. The van der Waals surface area contributed by atoms with E-state index in [2.05, 4.69) is 33.8 Å². The van der Waals surface area contributed by atoms with E-state index in [4.69, 9.17) is 4.74 Å². The first-order chi connectivity index (χ1) is 7.77. The van der Waals surface area contributed by atoms with Crippen LogP contribution in [0.15, 0.2) is 0 Å². The average molecular weight is 301 g/mol. The molecule has 0 radical (unpaired) electrons. The van der Waals surface area contributed by atoms with Crippen molar-refractivity contribution in [3.63, 3.8) is 0 Å². The molecule has 0 aliphatic carbocycles. The van der Waals surface area contributed by atoms with Crippen LogP contribution in [0.1, 0.15) is 16.0 Å². The van der Waals surface area contributed by atoms with Crippen molar-refractivity contribution < 1.29 is 4.74 Å². The fourth-order valence-electron chi connectivity index (χ4n) is 1.83. The highest BCUT2D eigenvalue weighted by Crippen LogP contribution is 2.36. The molecule has 5 heteroatoms. The van der Waals surface area contributed by atoms with E-state index < -0.39 is 0 Å². The lowest BCUT2D eigenvalue weighted by molar-refractivity contribution is 0.123. The number of hydrogen-bond donors (Lipinski definition) is 0. The zero-order chi connectivity index (χ0) is 11.5. The molecule has 1 aromatic rings. The number of aryl methyl sites for hydroxylation is 1. The molecule has 1 fully saturated rings. The Bertz CT molecular complexity index is 418. The van der Waals surface area contributed by atoms with Gasteiger partial charge in [0.2, 0.25) is 0 Å². The van der Waals surface area contributed by atoms with Gasteiger partial charge in [-0.15, -0.1) is 11.3 Å². The topological polar surface area (TPSA) is 36.3 Å². The fourth-order valence-corrected chi connectivity index (χ4v) is 3.88. The van der Waals surface area contributed by atoms with Crippen LogP contribution in [0.25, 0.3) is 0 Å². The van der Waals surface area contributed by atoms with Crippen molar-refractivity contribution in [3.05, 3.63) is 16.0 Å². The van der Waals surface area contributed by atoms with Gasteiger partial charge in [0.05, 0.1) is 18.8 Å². The van der Waals surface area contributed by atoms with Gasteiger partial charge in [0.25, 0.3) is 0 Å². The Morgan fingerprint density at radius 1 is 1.50 bits per heavy atom. The van der Waals surface area contributed by atoms with Crippen LogP contribution < -0.4 is 4.90 Å². The number of alkyl halides is 1. The summed E-state index contributed by atoms with van der Waals surface area (Å²) in [7, 11) is 0. The van der Waals surface area contributed by atoms with Crippen molar-refractivity contribution in [2.24, 2.45) is 0 Å². The Morgan fingerprint density at radius 3 is 2.75 bits per heavy atom. The van der Waals surface area contributed by atoms with Gasteiger partial charge in [0, 0.05) is 23.3 Å². The Labute approximate surface area is 108 Å². The molecule has 16 heavy (non-hydrogen) atoms. The molecule has 1 saturated heterocycles. The van der Waals surface area contributed by atoms with Crippen molar-refractivity contribution in [1.29, 1.82) is 5.26 Å². The second kappa shape index (κ2) is 5.17. The SMILES string of the molecule is Cc1sc(N2CCOCC2)c(C#N)c1CBr. The Morgan fingerprint density at radius 2 is 2.19 bits per heavy atom. The molecule has 3 nitrogen and oxygen atoms in total. The number of morpholine rings is 1. The van der Waals surface area contributed by atoms with Gasteiger partial charge in [0.1, 0.15) is 11.1 Å². The summed E-state index contributed by atoms with van der Waals surface area (Å²) in [5.41, 5.74) is 1.97. The van der Waals surface area contributed by atoms with Crippen molar-refractivity contribution in [2.75, 3.05) is 31.2 Å². The molecule has 0 bridgehead atoms. The molecular formula is C11H13BrN2OS. The maximum Gasteiger partial charge on any atom is 0.110 e. The van der Waals surface area contributed by atoms with E-state index >= 15 is 0 Å². The van der Waals surface area contributed by atoms with Gasteiger partial charge < -0.3 is 9.64 Å². The number of ether oxygens (including phenoxy) is 1. The molecule has 0 saturated carbocycles. The van der Waals surface area contributed by atoms with Crippen molar-refractivity contribution in [2.45, 2.75) is 12.3 Å². The minimum absolute atomic E-state index is 0.753. The molecule has 0 atom stereocenters. The van der Waals surface area contributed by atoms with Gasteiger partial charge in [-0.2, -0.15) is 5.26 Å². The minimum Gasteiger partial charge on any atom is -0.378 e. The highest BCUT2D eigenvalue weighted by atomic mass is 79.9. The highest BCUT2D eigenvalue weighted by molar-refractivity contribution is 9.08. The van der Waals surface area contributed by atoms with E-state index in [9.17, 15) is 5.26 Å². The average Bonchev–Trinajstić information content (AvgIpc) is 2.66. The number of hydrogen-bond acceptors (Lipinski definition) is 4. The number of anilines is 1. The molecule has 0 aromatic carbocycles. The maximum atomic E-state index is 9.25. The molecule has 86 valence electrons. The van der Waals surface area contributed by atoms with Gasteiger partial charge in [-0.1, -0.05) is 15.9 Å². The van der Waals surface area contributed by atoms with Crippen molar-refractivity contribution >= 4 is 32.3 Å². The molecule has 2 rings (SSSR count). The van der Waals surface area contributed by atoms with Gasteiger partial charge in [-0.25, -0.2) is 0 Å². The summed E-state index contributed by atoms with van der Waals surface area (Å²) in [6.07, 6.45) is 0. The van der Waals surface area contributed by atoms with Gasteiger partial charge >= 0.3 is 0 Å². The molecule has 1 aliphatic heterocycles. The van der Waals surface area contributed by atoms with Gasteiger partial charge in [0.15, 0.2) is 0 Å². The van der Waals surface area contributed by atoms with Crippen molar-refractivity contribution in [1.82, 2.24) is 0 Å². The predicted molar refractivity (Wildman–Crippen MR) is 69.4 cm³/mol. The molecule has 1 aromatic heterocycles. The maximum absolute atomic E-state index is 9.25. The number of nitriles is 1. The summed E-state index contributed by atoms with van der Waals surface area (Å²) >= 11 is 5.16. The Hall–Kier alpha value is -0.570. The summed E-state index contributed by atoms with van der Waals surface area (Å²) in [6.45, 7) is 5.36. The smallest absolute Gasteiger partial charge is 0.110 e. The first kappa shape index (κ1) is 11.9. The standard InChI is InChI=1S/C11H13BrN2OS/c1-8-9(6-12)10(7-13)11(16-8)14-2-4-15-5-3-14/h2-6H2,1H3. The highest BCUT2D eigenvalue weighted by Gasteiger charge is 2.21. The van der Waals surface area contributed by atoms with Crippen LogP contribution in [0.4, 0.5) is 5.00 Å². The number of halogens is 1. The van der Waals surface area contributed by atoms with Gasteiger partial charge in [-0.3, -0.25) is 0 Å². The fraction of sp³-hybridized carbons (Fsp3) is 0.545. The second-order valence-corrected chi connectivity index (χ2v) is 5.43. The first-order valence-corrected chi connectivity index (χ1v) is 7.12. The van der Waals surface area contributed by atoms with Crippen LogP contribution in [-0.4, -0.2) is 26.3 Å². The predicted octanol–water partition coefficient (Wildman–Crippen LogP) is 2.66. The third-order valence-electron chi connectivity index (χ3n) is 2.73. The van der Waals surface area contributed by atoms with Crippen LogP contribution in [0, 0.1) is 18.3 Å². The molecule has 0 spiro atoms. The van der Waals surface area contributed by atoms with E-state index in [0.717, 1.165) is 47.8 Å². The monoisotopic (exact) mass is 300 g/mol. The van der Waals surface area contributed by atoms with E-state index in [1.54, 1.807) is 11.3 Å². The minimum atomic E-state index is 0.753. The van der Waals surface area contributed by atoms with Gasteiger partial charge in [-0.05, 0) is 12.5 Å². The van der Waals surface area contributed by atoms with E-state index in [1.807, 2.05) is 0 Å². The molecular weight excluding hydrogens is 288 g/mol. The van der Waals surface area contributed by atoms with Crippen LogP contribution >= 0.6 is 27.3 Å². The lowest BCUT2D eigenvalue weighted by atomic mass is 10.2. The third-order valence-corrected chi connectivity index (χ3v) is 4.50. The zero-order valence-corrected chi connectivity index (χ0v) is 11.5. The number of thiophene rings is 1. The molecule has 0 N–H and O–H groups in total. The van der Waals surface area contributed by atoms with E-state index in [0.29, 0.717) is 0 Å². The number of nitrogens with zero attached hydrogens (tertiary/aromatic N) is 2. The Kier molecular flexibility index (Phi) is 3.85. The van der Waals surface area contributed by atoms with Crippen LogP contribution in [0.3, 0.4) is 0 Å². The van der Waals surface area contributed by atoms with Crippen molar-refractivity contribution in [3.8, 4) is 6.07 Å². The molecule has 0 amide bonds. The molecule has 2 heterocycles. The summed E-state index contributed by atoms with van der Waals surface area (Å²) in [5.74, 6) is 0.